The number of benzene rings is 1. The van der Waals surface area contributed by atoms with Crippen LogP contribution in [0.2, 0.25) is 0 Å². The van der Waals surface area contributed by atoms with E-state index in [1.807, 2.05) is 12.1 Å². The maximum atomic E-state index is 13.3. The molecule has 2 aliphatic rings. The summed E-state index contributed by atoms with van der Waals surface area (Å²) in [6.07, 6.45) is 10.9. The van der Waals surface area contributed by atoms with E-state index in [1.54, 1.807) is 0 Å². The molecule has 7 heteroatoms. The van der Waals surface area contributed by atoms with Crippen LogP contribution in [-0.4, -0.2) is 38.3 Å². The van der Waals surface area contributed by atoms with Gasteiger partial charge in [0.1, 0.15) is 0 Å². The molecule has 1 aliphatic carbocycles. The van der Waals surface area contributed by atoms with E-state index >= 15 is 0 Å². The molecule has 2 N–H and O–H groups in total. The van der Waals surface area contributed by atoms with Crippen molar-refractivity contribution >= 4 is 10.9 Å². The number of aryl methyl sites for hydroxylation is 1. The minimum absolute atomic E-state index is 0.0173. The Labute approximate surface area is 182 Å². The van der Waals surface area contributed by atoms with Gasteiger partial charge in [0.15, 0.2) is 6.04 Å². The molecule has 3 heterocycles. The van der Waals surface area contributed by atoms with Crippen molar-refractivity contribution in [3.05, 3.63) is 51.6 Å². The van der Waals surface area contributed by atoms with Gasteiger partial charge in [-0.15, -0.1) is 5.10 Å². The molecule has 0 bridgehead atoms. The maximum absolute atomic E-state index is 13.3. The smallest absolute Gasteiger partial charge is 0.258 e. The molecule has 1 atom stereocenters. The van der Waals surface area contributed by atoms with Gasteiger partial charge in [-0.05, 0) is 79.5 Å². The fourth-order valence-electron chi connectivity index (χ4n) is 5.55. The first-order chi connectivity index (χ1) is 15.2. The molecular formula is C24H33N6O+. The molecule has 0 unspecified atom stereocenters. The summed E-state index contributed by atoms with van der Waals surface area (Å²) >= 11 is 0. The summed E-state index contributed by atoms with van der Waals surface area (Å²) in [4.78, 5) is 17.9. The number of nitrogens with one attached hydrogen (secondary N) is 2. The number of nitrogens with zero attached hydrogens (tertiary/aromatic N) is 4. The molecule has 0 spiro atoms. The molecule has 31 heavy (non-hydrogen) atoms. The van der Waals surface area contributed by atoms with Crippen LogP contribution in [0, 0.1) is 6.92 Å². The largest absolute Gasteiger partial charge is 0.322 e. The van der Waals surface area contributed by atoms with E-state index in [9.17, 15) is 4.79 Å². The first-order valence-corrected chi connectivity index (χ1v) is 12.0. The topological polar surface area (TPSA) is 80.9 Å². The van der Waals surface area contributed by atoms with Gasteiger partial charge >= 0.3 is 0 Å². The molecule has 3 aromatic rings. The number of hydrogen-bond donors (Lipinski definition) is 2. The number of hydrogen-bond acceptors (Lipinski definition) is 4. The van der Waals surface area contributed by atoms with Gasteiger partial charge in [0.05, 0.1) is 24.7 Å². The lowest BCUT2D eigenvalue weighted by Crippen LogP contribution is -3.12. The van der Waals surface area contributed by atoms with Crippen molar-refractivity contribution in [1.29, 1.82) is 0 Å². The summed E-state index contributed by atoms with van der Waals surface area (Å²) in [6.45, 7) is 4.19. The zero-order valence-corrected chi connectivity index (χ0v) is 18.4. The third-order valence-corrected chi connectivity index (χ3v) is 7.19. The first-order valence-electron chi connectivity index (χ1n) is 12.0. The Morgan fingerprint density at radius 1 is 1.03 bits per heavy atom. The number of fused-ring (bicyclic) bond motifs is 1. The van der Waals surface area contributed by atoms with E-state index in [2.05, 4.69) is 44.2 Å². The van der Waals surface area contributed by atoms with Crippen LogP contribution in [0.4, 0.5) is 0 Å². The van der Waals surface area contributed by atoms with Crippen LogP contribution in [0.15, 0.2) is 29.1 Å². The molecular weight excluding hydrogens is 388 g/mol. The molecule has 1 aliphatic heterocycles. The van der Waals surface area contributed by atoms with Gasteiger partial charge in [-0.25, -0.2) is 4.68 Å². The third kappa shape index (κ3) is 4.15. The maximum Gasteiger partial charge on any atom is 0.258 e. The molecule has 1 aromatic carbocycles. The van der Waals surface area contributed by atoms with Crippen LogP contribution in [0.3, 0.4) is 0 Å². The van der Waals surface area contributed by atoms with E-state index in [4.69, 9.17) is 0 Å². The summed E-state index contributed by atoms with van der Waals surface area (Å²) in [7, 11) is 0. The summed E-state index contributed by atoms with van der Waals surface area (Å²) in [5.41, 5.74) is 2.85. The van der Waals surface area contributed by atoms with Crippen LogP contribution >= 0.6 is 0 Å². The fraction of sp³-hybridized carbons (Fsp3) is 0.583. The Balaban J connectivity index is 1.64. The predicted octanol–water partition coefficient (Wildman–Crippen LogP) is 2.88. The number of aromatic nitrogens is 5. The van der Waals surface area contributed by atoms with Crippen LogP contribution in [0.1, 0.15) is 86.8 Å². The molecule has 7 nitrogen and oxygen atoms in total. The lowest BCUT2D eigenvalue weighted by Gasteiger charge is -2.29. The van der Waals surface area contributed by atoms with Crippen LogP contribution in [0.25, 0.3) is 10.9 Å². The van der Waals surface area contributed by atoms with Crippen molar-refractivity contribution < 1.29 is 4.90 Å². The predicted molar refractivity (Wildman–Crippen MR) is 120 cm³/mol. The number of H-pyrrole nitrogens is 1. The second kappa shape index (κ2) is 8.91. The van der Waals surface area contributed by atoms with E-state index in [-0.39, 0.29) is 11.6 Å². The highest BCUT2D eigenvalue weighted by Crippen LogP contribution is 2.30. The second-order valence-electron chi connectivity index (χ2n) is 9.42. The normalized spacial score (nSPS) is 20.0. The highest BCUT2D eigenvalue weighted by atomic mass is 16.1. The molecule has 2 aromatic heterocycles. The van der Waals surface area contributed by atoms with Gasteiger partial charge < -0.3 is 9.88 Å². The van der Waals surface area contributed by atoms with Crippen LogP contribution < -0.4 is 10.5 Å². The average molecular weight is 422 g/mol. The van der Waals surface area contributed by atoms with Gasteiger partial charge in [-0.2, -0.15) is 0 Å². The Kier molecular flexibility index (Phi) is 5.85. The van der Waals surface area contributed by atoms with Gasteiger partial charge in [-0.3, -0.25) is 4.79 Å². The molecule has 164 valence electrons. The first kappa shape index (κ1) is 20.4. The monoisotopic (exact) mass is 421 g/mol. The van der Waals surface area contributed by atoms with Gasteiger partial charge in [-0.1, -0.05) is 30.9 Å². The number of pyridine rings is 1. The quantitative estimate of drug-likeness (QED) is 0.679. The SMILES string of the molecule is Cc1ccc2[nH]c(=O)c([C@@H](c3nnnn3C3CCCCC3)[NH+]3CCCCCC3)cc2c1. The number of rotatable bonds is 4. The van der Waals surface area contributed by atoms with E-state index < -0.39 is 0 Å². The van der Waals surface area contributed by atoms with Gasteiger partial charge in [0, 0.05) is 5.52 Å². The Morgan fingerprint density at radius 2 is 1.77 bits per heavy atom. The van der Waals surface area contributed by atoms with Crippen molar-refractivity contribution in [3.8, 4) is 0 Å². The van der Waals surface area contributed by atoms with Crippen molar-refractivity contribution in [2.75, 3.05) is 13.1 Å². The van der Waals surface area contributed by atoms with E-state index in [1.165, 1.54) is 55.4 Å². The lowest BCUT2D eigenvalue weighted by atomic mass is 9.95. The minimum atomic E-state index is -0.135. The summed E-state index contributed by atoms with van der Waals surface area (Å²) < 4.78 is 2.06. The minimum Gasteiger partial charge on any atom is -0.322 e. The van der Waals surface area contributed by atoms with E-state index in [0.717, 1.165) is 48.2 Å². The Morgan fingerprint density at radius 3 is 2.55 bits per heavy atom. The molecule has 0 amide bonds. The van der Waals surface area contributed by atoms with E-state index in [0.29, 0.717) is 6.04 Å². The number of tetrazole rings is 1. The van der Waals surface area contributed by atoms with Gasteiger partial charge in [0.2, 0.25) is 5.82 Å². The highest BCUT2D eigenvalue weighted by molar-refractivity contribution is 5.79. The van der Waals surface area contributed by atoms with Crippen LogP contribution in [0.5, 0.6) is 0 Å². The van der Waals surface area contributed by atoms with Crippen molar-refractivity contribution in [2.24, 2.45) is 0 Å². The van der Waals surface area contributed by atoms with Crippen molar-refractivity contribution in [1.82, 2.24) is 25.2 Å². The molecule has 1 saturated carbocycles. The number of likely N-dealkylation sites (tertiary alicyclic amines) is 1. The van der Waals surface area contributed by atoms with Crippen molar-refractivity contribution in [3.63, 3.8) is 0 Å². The standard InChI is InChI=1S/C24H32N6O/c1-17-11-12-21-18(15-17)16-20(24(31)25-21)22(29-13-7-2-3-8-14-29)23-26-27-28-30(23)19-9-5-4-6-10-19/h11-12,15-16,19,22H,2-10,13-14H2,1H3,(H,25,31)/p+1/t22-/m0/s1. The van der Waals surface area contributed by atoms with Crippen LogP contribution in [-0.2, 0) is 0 Å². The number of aromatic amines is 1. The highest BCUT2D eigenvalue weighted by Gasteiger charge is 2.36. The zero-order chi connectivity index (χ0) is 21.2. The third-order valence-electron chi connectivity index (χ3n) is 7.19. The molecule has 0 radical (unpaired) electrons. The second-order valence-corrected chi connectivity index (χ2v) is 9.42. The zero-order valence-electron chi connectivity index (χ0n) is 18.4. The summed E-state index contributed by atoms with van der Waals surface area (Å²) in [5.74, 6) is 0.862. The fourth-order valence-corrected chi connectivity index (χ4v) is 5.55. The van der Waals surface area contributed by atoms with Gasteiger partial charge in [0.25, 0.3) is 5.56 Å². The lowest BCUT2D eigenvalue weighted by molar-refractivity contribution is -0.925. The Hall–Kier alpha value is -2.54. The average Bonchev–Trinajstić information content (AvgIpc) is 3.10. The summed E-state index contributed by atoms with van der Waals surface area (Å²) in [6, 6.07) is 8.48. The Bertz CT molecular complexity index is 1090. The molecule has 2 fully saturated rings. The summed E-state index contributed by atoms with van der Waals surface area (Å²) in [5, 5.41) is 14.2. The molecule has 5 rings (SSSR count). The van der Waals surface area contributed by atoms with Crippen molar-refractivity contribution in [2.45, 2.75) is 76.8 Å². The molecule has 1 saturated heterocycles. The number of quaternary nitrogens is 1.